The predicted octanol–water partition coefficient (Wildman–Crippen LogP) is 4.31. The number of hydrogen-bond donors (Lipinski definition) is 1. The fourth-order valence-corrected chi connectivity index (χ4v) is 4.26. The number of piperidine rings is 1. The third-order valence-corrected chi connectivity index (χ3v) is 5.92. The summed E-state index contributed by atoms with van der Waals surface area (Å²) in [4.78, 5) is 32.9. The maximum absolute atomic E-state index is 13.1. The summed E-state index contributed by atoms with van der Waals surface area (Å²) < 4.78 is 1.36. The second kappa shape index (κ2) is 8.49. The molecule has 1 aliphatic heterocycles. The van der Waals surface area contributed by atoms with Gasteiger partial charge in [0.2, 0.25) is 0 Å². The Bertz CT molecular complexity index is 1180. The number of carbonyl (C=O) groups is 1. The molecule has 1 aliphatic rings. The van der Waals surface area contributed by atoms with Crippen LogP contribution in [-0.2, 0) is 0 Å². The van der Waals surface area contributed by atoms with Crippen LogP contribution >= 0.6 is 0 Å². The monoisotopic (exact) mass is 419 g/mol. The van der Waals surface area contributed by atoms with Crippen LogP contribution in [0, 0.1) is 6.92 Å². The van der Waals surface area contributed by atoms with Gasteiger partial charge in [-0.15, -0.1) is 0 Å². The average molecular weight is 420 g/mol. The molecule has 3 aromatic rings. The summed E-state index contributed by atoms with van der Waals surface area (Å²) in [5.41, 5.74) is 1.68. The lowest BCUT2D eigenvalue weighted by molar-refractivity contribution is 0.102. The molecule has 1 fully saturated rings. The molecule has 0 bridgehead atoms. The van der Waals surface area contributed by atoms with Crippen molar-refractivity contribution < 1.29 is 4.79 Å². The molecule has 1 atom stereocenters. The second-order valence-electron chi connectivity index (χ2n) is 8.59. The van der Waals surface area contributed by atoms with Gasteiger partial charge in [0, 0.05) is 18.0 Å². The third-order valence-electron chi connectivity index (χ3n) is 5.92. The van der Waals surface area contributed by atoms with E-state index < -0.39 is 0 Å². The molecule has 1 saturated heterocycles. The third kappa shape index (κ3) is 4.04. The van der Waals surface area contributed by atoms with Crippen LogP contribution in [0.5, 0.6) is 0 Å². The van der Waals surface area contributed by atoms with E-state index in [1.165, 1.54) is 23.9 Å². The van der Waals surface area contributed by atoms with Crippen LogP contribution < -0.4 is 15.8 Å². The van der Waals surface area contributed by atoms with Crippen LogP contribution in [0.1, 0.15) is 62.1 Å². The molecule has 0 radical (unpaired) electrons. The van der Waals surface area contributed by atoms with E-state index in [-0.39, 0.29) is 23.2 Å². The van der Waals surface area contributed by atoms with Crippen molar-refractivity contribution in [2.24, 2.45) is 0 Å². The van der Waals surface area contributed by atoms with Crippen LogP contribution in [0.25, 0.3) is 10.8 Å². The van der Waals surface area contributed by atoms with Gasteiger partial charge in [-0.25, -0.2) is 9.67 Å². The van der Waals surface area contributed by atoms with Gasteiger partial charge in [0.25, 0.3) is 11.5 Å². The van der Waals surface area contributed by atoms with Gasteiger partial charge in [-0.05, 0) is 64.7 Å². The van der Waals surface area contributed by atoms with Gasteiger partial charge in [0.1, 0.15) is 5.82 Å². The van der Waals surface area contributed by atoms with Crippen LogP contribution in [0.4, 0.5) is 11.5 Å². The maximum atomic E-state index is 13.1. The average Bonchev–Trinajstić information content (AvgIpc) is 2.75. The Morgan fingerprint density at radius 1 is 1.19 bits per heavy atom. The molecule has 7 nitrogen and oxygen atoms in total. The molecular formula is C24H29N5O2. The summed E-state index contributed by atoms with van der Waals surface area (Å²) >= 11 is 0. The molecule has 1 amide bonds. The normalized spacial score (nSPS) is 16.7. The fraction of sp³-hybridized carbons (Fsp3) is 0.417. The van der Waals surface area contributed by atoms with E-state index in [2.05, 4.69) is 27.2 Å². The van der Waals surface area contributed by atoms with Gasteiger partial charge < -0.3 is 10.2 Å². The van der Waals surface area contributed by atoms with Crippen LogP contribution in [-0.4, -0.2) is 33.3 Å². The molecule has 31 heavy (non-hydrogen) atoms. The van der Waals surface area contributed by atoms with E-state index in [4.69, 9.17) is 0 Å². The number of hydrogen-bond acceptors (Lipinski definition) is 5. The minimum atomic E-state index is -0.356. The molecule has 0 aliphatic carbocycles. The first-order valence-electron chi connectivity index (χ1n) is 10.9. The first-order chi connectivity index (χ1) is 14.9. The number of anilines is 2. The van der Waals surface area contributed by atoms with Crippen molar-refractivity contribution in [3.63, 3.8) is 0 Å². The standard InChI is InChI=1S/C24H29N5O2/c1-15(2)29-24(31)20-11-6-5-10-19(20)21(27-29)23(30)26-18-13-16(3)22(25-14-18)28-12-8-7-9-17(28)4/h5-6,10-11,13-15,17H,7-9,12H2,1-4H3,(H,26,30). The minimum absolute atomic E-state index is 0.154. The van der Waals surface area contributed by atoms with Crippen molar-refractivity contribution >= 4 is 28.2 Å². The Kier molecular flexibility index (Phi) is 5.76. The smallest absolute Gasteiger partial charge is 0.276 e. The summed E-state index contributed by atoms with van der Waals surface area (Å²) in [6.07, 6.45) is 5.30. The summed E-state index contributed by atoms with van der Waals surface area (Å²) in [5, 5.41) is 8.34. The van der Waals surface area contributed by atoms with Crippen LogP contribution in [0.3, 0.4) is 0 Å². The molecule has 7 heteroatoms. The first kappa shape index (κ1) is 21.0. The summed E-state index contributed by atoms with van der Waals surface area (Å²) in [6.45, 7) is 9.01. The highest BCUT2D eigenvalue weighted by atomic mass is 16.2. The molecule has 1 aromatic carbocycles. The number of benzene rings is 1. The Morgan fingerprint density at radius 2 is 1.94 bits per heavy atom. The van der Waals surface area contributed by atoms with Gasteiger partial charge in [-0.2, -0.15) is 5.10 Å². The zero-order valence-electron chi connectivity index (χ0n) is 18.6. The topological polar surface area (TPSA) is 80.1 Å². The van der Waals surface area contributed by atoms with Gasteiger partial charge >= 0.3 is 0 Å². The van der Waals surface area contributed by atoms with E-state index in [9.17, 15) is 9.59 Å². The van der Waals surface area contributed by atoms with Crippen molar-refractivity contribution in [2.75, 3.05) is 16.8 Å². The van der Waals surface area contributed by atoms with Gasteiger partial charge in [0.05, 0.1) is 23.3 Å². The molecule has 162 valence electrons. The molecule has 4 rings (SSSR count). The summed E-state index contributed by atoms with van der Waals surface area (Å²) in [7, 11) is 0. The second-order valence-corrected chi connectivity index (χ2v) is 8.59. The summed E-state index contributed by atoms with van der Waals surface area (Å²) in [5.74, 6) is 0.619. The lowest BCUT2D eigenvalue weighted by atomic mass is 10.0. The zero-order valence-corrected chi connectivity index (χ0v) is 18.6. The van der Waals surface area contributed by atoms with Crippen molar-refractivity contribution in [1.82, 2.24) is 14.8 Å². The lowest BCUT2D eigenvalue weighted by Crippen LogP contribution is -2.38. The van der Waals surface area contributed by atoms with Gasteiger partial charge in [-0.1, -0.05) is 18.2 Å². The Morgan fingerprint density at radius 3 is 2.61 bits per heavy atom. The van der Waals surface area contributed by atoms with E-state index in [0.717, 1.165) is 17.9 Å². The Labute approximate surface area is 182 Å². The van der Waals surface area contributed by atoms with Crippen molar-refractivity contribution in [1.29, 1.82) is 0 Å². The Hall–Kier alpha value is -3.22. The molecule has 0 saturated carbocycles. The van der Waals surface area contributed by atoms with Crippen molar-refractivity contribution in [3.05, 3.63) is 58.1 Å². The number of nitrogens with one attached hydrogen (secondary N) is 1. The van der Waals surface area contributed by atoms with E-state index in [1.807, 2.05) is 26.8 Å². The van der Waals surface area contributed by atoms with Gasteiger partial charge in [-0.3, -0.25) is 9.59 Å². The van der Waals surface area contributed by atoms with E-state index in [1.54, 1.807) is 30.5 Å². The van der Waals surface area contributed by atoms with E-state index >= 15 is 0 Å². The van der Waals surface area contributed by atoms with E-state index in [0.29, 0.717) is 22.5 Å². The molecule has 1 N–H and O–H groups in total. The van der Waals surface area contributed by atoms with Crippen molar-refractivity contribution in [3.8, 4) is 0 Å². The molecular weight excluding hydrogens is 390 g/mol. The number of nitrogens with zero attached hydrogens (tertiary/aromatic N) is 4. The fourth-order valence-electron chi connectivity index (χ4n) is 4.26. The van der Waals surface area contributed by atoms with Gasteiger partial charge in [0.15, 0.2) is 5.69 Å². The highest BCUT2D eigenvalue weighted by Crippen LogP contribution is 2.27. The first-order valence-corrected chi connectivity index (χ1v) is 10.9. The predicted molar refractivity (Wildman–Crippen MR) is 124 cm³/mol. The number of rotatable bonds is 4. The lowest BCUT2D eigenvalue weighted by Gasteiger charge is -2.35. The molecule has 0 spiro atoms. The number of aryl methyl sites for hydroxylation is 1. The largest absolute Gasteiger partial charge is 0.354 e. The number of pyridine rings is 1. The van der Waals surface area contributed by atoms with Crippen LogP contribution in [0.2, 0.25) is 0 Å². The van der Waals surface area contributed by atoms with Crippen molar-refractivity contribution in [2.45, 2.75) is 59.0 Å². The quantitative estimate of drug-likeness (QED) is 0.682. The maximum Gasteiger partial charge on any atom is 0.276 e. The minimum Gasteiger partial charge on any atom is -0.354 e. The highest BCUT2D eigenvalue weighted by Gasteiger charge is 2.22. The number of carbonyl (C=O) groups excluding carboxylic acids is 1. The number of amides is 1. The molecule has 1 unspecified atom stereocenters. The SMILES string of the molecule is Cc1cc(NC(=O)c2nn(C(C)C)c(=O)c3ccccc23)cnc1N1CCCCC1C. The number of fused-ring (bicyclic) bond motifs is 1. The molecule has 3 heterocycles. The van der Waals surface area contributed by atoms with Crippen LogP contribution in [0.15, 0.2) is 41.3 Å². The summed E-state index contributed by atoms with van der Waals surface area (Å²) in [6, 6.07) is 9.35. The zero-order chi connectivity index (χ0) is 22.1. The number of aromatic nitrogens is 3. The highest BCUT2D eigenvalue weighted by molar-refractivity contribution is 6.11. The molecule has 2 aromatic heterocycles. The Balaban J connectivity index is 1.66.